The Morgan fingerprint density at radius 3 is 1.58 bits per heavy atom. The molecule has 0 spiro atoms. The fourth-order valence-corrected chi connectivity index (χ4v) is 3.40. The summed E-state index contributed by atoms with van der Waals surface area (Å²) in [5, 5.41) is 2.38. The molecule has 3 amide bonds. The topological polar surface area (TPSA) is 58.6 Å². The Morgan fingerprint density at radius 1 is 0.710 bits per heavy atom. The molecular weight excluding hydrogens is 388 g/mol. The highest BCUT2D eigenvalue weighted by molar-refractivity contribution is 6.05. The maximum atomic E-state index is 13.1. The van der Waals surface area contributed by atoms with Crippen LogP contribution in [0.2, 0.25) is 0 Å². The molecule has 1 N–H and O–H groups in total. The van der Waals surface area contributed by atoms with E-state index in [4.69, 9.17) is 4.74 Å². The van der Waals surface area contributed by atoms with Crippen LogP contribution in [0.25, 0.3) is 0 Å². The maximum Gasteiger partial charge on any atom is 0.420 e. The van der Waals surface area contributed by atoms with Crippen LogP contribution in [0.4, 0.5) is 21.0 Å². The van der Waals surface area contributed by atoms with Crippen molar-refractivity contribution < 1.29 is 14.3 Å². The van der Waals surface area contributed by atoms with Crippen molar-refractivity contribution in [2.75, 3.05) is 4.90 Å². The second-order valence-electron chi connectivity index (χ2n) is 7.90. The molecule has 0 aromatic heterocycles. The van der Waals surface area contributed by atoms with Gasteiger partial charge in [-0.25, -0.2) is 14.9 Å². The zero-order valence-corrected chi connectivity index (χ0v) is 18.3. The fourth-order valence-electron chi connectivity index (χ4n) is 3.40. The highest BCUT2D eigenvalue weighted by Gasteiger charge is 2.23. The van der Waals surface area contributed by atoms with Crippen molar-refractivity contribution >= 4 is 23.5 Å². The van der Waals surface area contributed by atoms with E-state index < -0.39 is 12.1 Å². The van der Waals surface area contributed by atoms with Gasteiger partial charge in [0.05, 0.1) is 11.4 Å². The van der Waals surface area contributed by atoms with Gasteiger partial charge in [-0.1, -0.05) is 82.3 Å². The van der Waals surface area contributed by atoms with Crippen molar-refractivity contribution in [3.8, 4) is 5.75 Å². The van der Waals surface area contributed by atoms with Gasteiger partial charge in [0.1, 0.15) is 5.75 Å². The summed E-state index contributed by atoms with van der Waals surface area (Å²) in [6.07, 6.45) is -0.808. The van der Waals surface area contributed by atoms with Crippen molar-refractivity contribution in [3.63, 3.8) is 0 Å². The number of carbonyl (C=O) groups is 2. The van der Waals surface area contributed by atoms with E-state index >= 15 is 0 Å². The highest BCUT2D eigenvalue weighted by Crippen LogP contribution is 2.34. The van der Waals surface area contributed by atoms with Gasteiger partial charge in [-0.15, -0.1) is 0 Å². The predicted molar refractivity (Wildman–Crippen MR) is 124 cm³/mol. The van der Waals surface area contributed by atoms with Crippen LogP contribution in [0.1, 0.15) is 50.7 Å². The van der Waals surface area contributed by atoms with Crippen molar-refractivity contribution in [2.45, 2.75) is 39.5 Å². The number of para-hydroxylation sites is 3. The number of urea groups is 1. The summed E-state index contributed by atoms with van der Waals surface area (Å²) >= 11 is 0. The Morgan fingerprint density at radius 2 is 1.16 bits per heavy atom. The predicted octanol–water partition coefficient (Wildman–Crippen LogP) is 6.98. The first-order chi connectivity index (χ1) is 14.9. The largest absolute Gasteiger partial charge is 0.420 e. The van der Waals surface area contributed by atoms with Crippen LogP contribution >= 0.6 is 0 Å². The number of carbonyl (C=O) groups excluding carboxylic acids is 2. The molecule has 0 unspecified atom stereocenters. The third-order valence-electron chi connectivity index (χ3n) is 4.96. The molecule has 3 aromatic carbocycles. The molecule has 3 aromatic rings. The van der Waals surface area contributed by atoms with E-state index in [0.29, 0.717) is 17.1 Å². The minimum atomic E-state index is -0.808. The number of benzene rings is 3. The van der Waals surface area contributed by atoms with Crippen molar-refractivity contribution in [3.05, 3.63) is 90.0 Å². The standard InChI is InChI=1S/C26H28N2O3/c1-18(2)22-16-11-17-23(19(3)4)24(22)31-26(30)27-25(29)28(20-12-7-5-8-13-20)21-14-9-6-10-15-21/h5-19H,1-4H3,(H,27,29,30). The molecule has 0 fully saturated rings. The second kappa shape index (κ2) is 9.94. The van der Waals surface area contributed by atoms with Gasteiger partial charge in [0, 0.05) is 0 Å². The Kier molecular flexibility index (Phi) is 7.08. The van der Waals surface area contributed by atoms with E-state index in [1.807, 2.05) is 107 Å². The lowest BCUT2D eigenvalue weighted by atomic mass is 9.94. The zero-order valence-electron chi connectivity index (χ0n) is 18.3. The highest BCUT2D eigenvalue weighted by atomic mass is 16.6. The van der Waals surface area contributed by atoms with Crippen LogP contribution in [-0.2, 0) is 0 Å². The van der Waals surface area contributed by atoms with Crippen LogP contribution in [-0.4, -0.2) is 12.1 Å². The molecule has 0 aliphatic carbocycles. The molecule has 5 nitrogen and oxygen atoms in total. The van der Waals surface area contributed by atoms with E-state index in [9.17, 15) is 9.59 Å². The zero-order chi connectivity index (χ0) is 22.4. The number of hydrogen-bond donors (Lipinski definition) is 1. The van der Waals surface area contributed by atoms with Gasteiger partial charge in [0.25, 0.3) is 0 Å². The monoisotopic (exact) mass is 416 g/mol. The van der Waals surface area contributed by atoms with Crippen LogP contribution in [0, 0.1) is 0 Å². The van der Waals surface area contributed by atoms with E-state index in [0.717, 1.165) is 11.1 Å². The minimum absolute atomic E-state index is 0.169. The summed E-state index contributed by atoms with van der Waals surface area (Å²) in [6.45, 7) is 8.17. The minimum Gasteiger partial charge on any atom is -0.409 e. The number of hydrogen-bond acceptors (Lipinski definition) is 3. The normalized spacial score (nSPS) is 10.8. The number of imide groups is 1. The molecule has 0 saturated carbocycles. The molecule has 0 radical (unpaired) electrons. The van der Waals surface area contributed by atoms with Crippen LogP contribution in [0.15, 0.2) is 78.9 Å². The number of nitrogens with zero attached hydrogens (tertiary/aromatic N) is 1. The first-order valence-electron chi connectivity index (χ1n) is 10.4. The number of ether oxygens (including phenoxy) is 1. The first-order valence-corrected chi connectivity index (χ1v) is 10.4. The van der Waals surface area contributed by atoms with Crippen molar-refractivity contribution in [1.82, 2.24) is 5.32 Å². The van der Waals surface area contributed by atoms with Gasteiger partial charge >= 0.3 is 12.1 Å². The van der Waals surface area contributed by atoms with Gasteiger partial charge in [-0.2, -0.15) is 0 Å². The summed E-state index contributed by atoms with van der Waals surface area (Å²) in [6, 6.07) is 23.6. The molecule has 0 heterocycles. The molecule has 0 aliphatic heterocycles. The van der Waals surface area contributed by atoms with Gasteiger partial charge in [-0.3, -0.25) is 4.90 Å². The Hall–Kier alpha value is -3.60. The molecule has 160 valence electrons. The lowest BCUT2D eigenvalue weighted by molar-refractivity contribution is 0.197. The maximum absolute atomic E-state index is 13.1. The van der Waals surface area contributed by atoms with Crippen LogP contribution in [0.5, 0.6) is 5.75 Å². The molecule has 0 aliphatic rings. The van der Waals surface area contributed by atoms with Crippen molar-refractivity contribution in [2.24, 2.45) is 0 Å². The van der Waals surface area contributed by atoms with Gasteiger partial charge in [0.2, 0.25) is 0 Å². The SMILES string of the molecule is CC(C)c1cccc(C(C)C)c1OC(=O)NC(=O)N(c1ccccc1)c1ccccc1. The second-order valence-corrected chi connectivity index (χ2v) is 7.90. The first kappa shape index (κ1) is 22.1. The van der Waals surface area contributed by atoms with E-state index in [-0.39, 0.29) is 11.8 Å². The van der Waals surface area contributed by atoms with E-state index in [1.54, 1.807) is 0 Å². The molecule has 31 heavy (non-hydrogen) atoms. The summed E-state index contributed by atoms with van der Waals surface area (Å²) in [7, 11) is 0. The average Bonchev–Trinajstić information content (AvgIpc) is 2.75. The van der Waals surface area contributed by atoms with E-state index in [1.165, 1.54) is 4.90 Å². The van der Waals surface area contributed by atoms with Gasteiger partial charge < -0.3 is 4.74 Å². The Bertz CT molecular complexity index is 965. The van der Waals surface area contributed by atoms with Crippen LogP contribution < -0.4 is 15.0 Å². The number of rotatable bonds is 5. The van der Waals surface area contributed by atoms with Crippen LogP contribution in [0.3, 0.4) is 0 Å². The number of amides is 3. The quantitative estimate of drug-likeness (QED) is 0.488. The smallest absolute Gasteiger partial charge is 0.409 e. The Labute approximate surface area is 183 Å². The molecule has 5 heteroatoms. The lowest BCUT2D eigenvalue weighted by Gasteiger charge is -2.23. The van der Waals surface area contributed by atoms with E-state index in [2.05, 4.69) is 5.32 Å². The summed E-state index contributed by atoms with van der Waals surface area (Å²) in [5.74, 6) is 0.855. The van der Waals surface area contributed by atoms with Gasteiger partial charge in [0.15, 0.2) is 0 Å². The lowest BCUT2D eigenvalue weighted by Crippen LogP contribution is -2.42. The molecule has 0 saturated heterocycles. The fraction of sp³-hybridized carbons (Fsp3) is 0.231. The van der Waals surface area contributed by atoms with Gasteiger partial charge in [-0.05, 0) is 47.2 Å². The Balaban J connectivity index is 1.87. The summed E-state index contributed by atoms with van der Waals surface area (Å²) in [4.78, 5) is 27.3. The number of nitrogens with one attached hydrogen (secondary N) is 1. The molecule has 3 rings (SSSR count). The molecule has 0 bridgehead atoms. The molecule has 0 atom stereocenters. The van der Waals surface area contributed by atoms with Crippen molar-refractivity contribution in [1.29, 1.82) is 0 Å². The third kappa shape index (κ3) is 5.31. The molecular formula is C26H28N2O3. The average molecular weight is 417 g/mol. The third-order valence-corrected chi connectivity index (χ3v) is 4.96. The summed E-state index contributed by atoms with van der Waals surface area (Å²) in [5.41, 5.74) is 3.14. The summed E-state index contributed by atoms with van der Waals surface area (Å²) < 4.78 is 5.69. The number of anilines is 2.